The number of anilines is 2. The van der Waals surface area contributed by atoms with Gasteiger partial charge in [0.05, 0.1) is 11.4 Å². The lowest BCUT2D eigenvalue weighted by Crippen LogP contribution is -2.32. The first-order valence-electron chi connectivity index (χ1n) is 7.28. The predicted octanol–water partition coefficient (Wildman–Crippen LogP) is 4.32. The topological polar surface area (TPSA) is 20.3 Å². The van der Waals surface area contributed by atoms with E-state index >= 15 is 0 Å². The quantitative estimate of drug-likeness (QED) is 0.756. The van der Waals surface area contributed by atoms with Gasteiger partial charge in [-0.2, -0.15) is 0 Å². The number of benzene rings is 2. The molecule has 0 saturated heterocycles. The Bertz CT molecular complexity index is 620. The van der Waals surface area contributed by atoms with Crippen LogP contribution in [0.25, 0.3) is 0 Å². The van der Waals surface area contributed by atoms with Crippen LogP contribution in [0.15, 0.2) is 48.5 Å². The van der Waals surface area contributed by atoms with Crippen molar-refractivity contribution in [3.8, 4) is 0 Å². The number of amides is 1. The van der Waals surface area contributed by atoms with E-state index in [0.29, 0.717) is 5.88 Å². The van der Waals surface area contributed by atoms with Crippen molar-refractivity contribution in [3.05, 3.63) is 59.7 Å². The van der Waals surface area contributed by atoms with Gasteiger partial charge in [-0.25, -0.2) is 0 Å². The Balaban J connectivity index is 2.18. The molecule has 1 heterocycles. The average molecular weight is 300 g/mol. The lowest BCUT2D eigenvalue weighted by Gasteiger charge is -2.27. The average Bonchev–Trinajstić information content (AvgIpc) is 2.70. The fourth-order valence-corrected chi connectivity index (χ4v) is 2.94. The van der Waals surface area contributed by atoms with E-state index < -0.39 is 0 Å². The van der Waals surface area contributed by atoms with E-state index in [2.05, 4.69) is 12.1 Å². The molecule has 1 atom stereocenters. The minimum Gasteiger partial charge on any atom is -0.280 e. The third kappa shape index (κ3) is 2.56. The minimum absolute atomic E-state index is 0.0619. The highest BCUT2D eigenvalue weighted by atomic mass is 35.5. The van der Waals surface area contributed by atoms with Crippen molar-refractivity contribution in [3.63, 3.8) is 0 Å². The van der Waals surface area contributed by atoms with Crippen molar-refractivity contribution in [1.82, 2.24) is 0 Å². The molecule has 2 aromatic rings. The van der Waals surface area contributed by atoms with E-state index in [1.807, 2.05) is 48.2 Å². The predicted molar refractivity (Wildman–Crippen MR) is 87.3 cm³/mol. The SMILES string of the molecule is CC(CCl)C(=O)N1c2ccccc2CCc2ccccc21. The molecule has 0 radical (unpaired) electrons. The molecular weight excluding hydrogens is 282 g/mol. The van der Waals surface area contributed by atoms with E-state index in [-0.39, 0.29) is 11.8 Å². The van der Waals surface area contributed by atoms with Crippen LogP contribution in [0.1, 0.15) is 18.1 Å². The Hall–Kier alpha value is -1.80. The first kappa shape index (κ1) is 14.2. The molecule has 0 saturated carbocycles. The van der Waals surface area contributed by atoms with Crippen LogP contribution in [-0.4, -0.2) is 11.8 Å². The number of fused-ring (bicyclic) bond motifs is 2. The van der Waals surface area contributed by atoms with Gasteiger partial charge in [-0.15, -0.1) is 11.6 Å². The van der Waals surface area contributed by atoms with Gasteiger partial charge in [-0.1, -0.05) is 43.3 Å². The highest BCUT2D eigenvalue weighted by molar-refractivity contribution is 6.20. The highest BCUT2D eigenvalue weighted by Gasteiger charge is 2.28. The zero-order chi connectivity index (χ0) is 14.8. The van der Waals surface area contributed by atoms with Crippen LogP contribution in [0.4, 0.5) is 11.4 Å². The monoisotopic (exact) mass is 299 g/mol. The molecule has 1 unspecified atom stereocenters. The molecule has 2 aromatic carbocycles. The maximum absolute atomic E-state index is 12.8. The smallest absolute Gasteiger partial charge is 0.235 e. The molecule has 1 amide bonds. The summed E-state index contributed by atoms with van der Waals surface area (Å²) in [4.78, 5) is 14.7. The summed E-state index contributed by atoms with van der Waals surface area (Å²) < 4.78 is 0. The van der Waals surface area contributed by atoms with Gasteiger partial charge in [0.2, 0.25) is 5.91 Å². The van der Waals surface area contributed by atoms with Crippen molar-refractivity contribution < 1.29 is 4.79 Å². The normalized spacial score (nSPS) is 14.9. The zero-order valence-electron chi connectivity index (χ0n) is 12.1. The summed E-state index contributed by atoms with van der Waals surface area (Å²) in [6.45, 7) is 1.88. The Morgan fingerprint density at radius 3 is 2.00 bits per heavy atom. The van der Waals surface area contributed by atoms with Gasteiger partial charge in [0.15, 0.2) is 0 Å². The van der Waals surface area contributed by atoms with Crippen LogP contribution >= 0.6 is 11.6 Å². The maximum atomic E-state index is 12.8. The minimum atomic E-state index is -0.203. The van der Waals surface area contributed by atoms with Crippen LogP contribution in [0.2, 0.25) is 0 Å². The van der Waals surface area contributed by atoms with Gasteiger partial charge in [-0.3, -0.25) is 9.69 Å². The number of hydrogen-bond donors (Lipinski definition) is 0. The van der Waals surface area contributed by atoms with Crippen molar-refractivity contribution in [2.24, 2.45) is 5.92 Å². The number of hydrogen-bond acceptors (Lipinski definition) is 1. The third-order valence-electron chi connectivity index (χ3n) is 4.00. The zero-order valence-corrected chi connectivity index (χ0v) is 12.8. The third-order valence-corrected chi connectivity index (χ3v) is 4.47. The van der Waals surface area contributed by atoms with Gasteiger partial charge in [0.1, 0.15) is 0 Å². The number of para-hydroxylation sites is 2. The molecule has 0 aromatic heterocycles. The fourth-order valence-electron chi connectivity index (χ4n) is 2.80. The van der Waals surface area contributed by atoms with Crippen LogP contribution in [0.5, 0.6) is 0 Å². The van der Waals surface area contributed by atoms with E-state index in [4.69, 9.17) is 11.6 Å². The van der Waals surface area contributed by atoms with Crippen molar-refractivity contribution in [2.45, 2.75) is 19.8 Å². The summed E-state index contributed by atoms with van der Waals surface area (Å²) in [5.74, 6) is 0.192. The molecule has 0 aliphatic carbocycles. The van der Waals surface area contributed by atoms with Crippen molar-refractivity contribution in [1.29, 1.82) is 0 Å². The summed E-state index contributed by atoms with van der Waals surface area (Å²) in [6, 6.07) is 16.3. The lowest BCUT2D eigenvalue weighted by atomic mass is 10.0. The van der Waals surface area contributed by atoms with E-state index in [1.165, 1.54) is 11.1 Å². The second-order valence-corrected chi connectivity index (χ2v) is 5.80. The summed E-state index contributed by atoms with van der Waals surface area (Å²) >= 11 is 5.91. The van der Waals surface area contributed by atoms with Gasteiger partial charge in [0.25, 0.3) is 0 Å². The van der Waals surface area contributed by atoms with Crippen molar-refractivity contribution >= 4 is 28.9 Å². The molecule has 2 nitrogen and oxygen atoms in total. The van der Waals surface area contributed by atoms with E-state index in [9.17, 15) is 4.79 Å². The molecule has 0 fully saturated rings. The van der Waals surface area contributed by atoms with Crippen LogP contribution in [-0.2, 0) is 17.6 Å². The number of alkyl halides is 1. The molecule has 1 aliphatic rings. The molecule has 0 spiro atoms. The summed E-state index contributed by atoms with van der Waals surface area (Å²) in [6.07, 6.45) is 1.90. The fraction of sp³-hybridized carbons (Fsp3) is 0.278. The molecule has 1 aliphatic heterocycles. The molecule has 0 N–H and O–H groups in total. The molecular formula is C18H18ClNO. The number of carbonyl (C=O) groups is 1. The van der Waals surface area contributed by atoms with Crippen molar-refractivity contribution in [2.75, 3.05) is 10.8 Å². The lowest BCUT2D eigenvalue weighted by molar-refractivity contribution is -0.120. The second kappa shape index (κ2) is 5.90. The van der Waals surface area contributed by atoms with Crippen LogP contribution in [0.3, 0.4) is 0 Å². The molecule has 0 bridgehead atoms. The Morgan fingerprint density at radius 2 is 1.52 bits per heavy atom. The summed E-state index contributed by atoms with van der Waals surface area (Å²) in [7, 11) is 0. The number of aryl methyl sites for hydroxylation is 2. The molecule has 3 heteroatoms. The van der Waals surface area contributed by atoms with Crippen LogP contribution < -0.4 is 4.90 Å². The molecule has 21 heavy (non-hydrogen) atoms. The molecule has 108 valence electrons. The Labute approximate surface area is 130 Å². The summed E-state index contributed by atoms with van der Waals surface area (Å²) in [5.41, 5.74) is 4.40. The van der Waals surface area contributed by atoms with Gasteiger partial charge < -0.3 is 0 Å². The second-order valence-electron chi connectivity index (χ2n) is 5.49. The number of carbonyl (C=O) groups excluding carboxylic acids is 1. The van der Waals surface area contributed by atoms with E-state index in [1.54, 1.807) is 0 Å². The Kier molecular flexibility index (Phi) is 3.98. The largest absolute Gasteiger partial charge is 0.280 e. The standard InChI is InChI=1S/C18H18ClNO/c1-13(12-19)18(21)20-16-8-4-2-6-14(16)10-11-15-7-3-5-9-17(15)20/h2-9,13H,10-12H2,1H3. The van der Waals surface area contributed by atoms with Gasteiger partial charge >= 0.3 is 0 Å². The first-order valence-corrected chi connectivity index (χ1v) is 7.81. The Morgan fingerprint density at radius 1 is 1.05 bits per heavy atom. The van der Waals surface area contributed by atoms with Gasteiger partial charge in [0, 0.05) is 11.8 Å². The number of nitrogens with zero attached hydrogens (tertiary/aromatic N) is 1. The maximum Gasteiger partial charge on any atom is 0.235 e. The van der Waals surface area contributed by atoms with Gasteiger partial charge in [-0.05, 0) is 36.1 Å². The van der Waals surface area contributed by atoms with Crippen LogP contribution in [0, 0.1) is 5.92 Å². The van der Waals surface area contributed by atoms with E-state index in [0.717, 1.165) is 24.2 Å². The first-order chi connectivity index (χ1) is 10.2. The molecule has 3 rings (SSSR count). The number of halogens is 1. The number of rotatable bonds is 2. The summed E-state index contributed by atoms with van der Waals surface area (Å²) in [5, 5.41) is 0. The highest BCUT2D eigenvalue weighted by Crippen LogP contribution is 2.36.